The van der Waals surface area contributed by atoms with Gasteiger partial charge in [0.15, 0.2) is 0 Å². The zero-order valence-corrected chi connectivity index (χ0v) is 11.5. The number of nitrogens with one attached hydrogen (secondary N) is 1. The van der Waals surface area contributed by atoms with Gasteiger partial charge >= 0.3 is 0 Å². The van der Waals surface area contributed by atoms with Crippen molar-refractivity contribution in [2.75, 3.05) is 0 Å². The maximum atomic E-state index is 4.83. The summed E-state index contributed by atoms with van der Waals surface area (Å²) in [5.74, 6) is 2.61. The van der Waals surface area contributed by atoms with Crippen LogP contribution in [0.15, 0.2) is 0 Å². The summed E-state index contributed by atoms with van der Waals surface area (Å²) < 4.78 is 0. The van der Waals surface area contributed by atoms with Crippen LogP contribution in [0.4, 0.5) is 0 Å². The molecule has 0 spiro atoms. The van der Waals surface area contributed by atoms with Crippen LogP contribution in [-0.4, -0.2) is 9.97 Å². The van der Waals surface area contributed by atoms with Crippen LogP contribution in [0.5, 0.6) is 0 Å². The Hall–Kier alpha value is -0.960. The molecule has 98 valence electrons. The standard InChI is InChI=1S/C15H23N3/c1-3-11-5-4-6-12(7-11)15-17-10(2)13-8-16-9-14(13)18-15/h11-12,16H,3-9H2,1-2H3. The lowest BCUT2D eigenvalue weighted by atomic mass is 9.80. The molecule has 0 bridgehead atoms. The molecule has 1 saturated carbocycles. The molecule has 0 aromatic carbocycles. The first-order valence-corrected chi connectivity index (χ1v) is 7.35. The summed E-state index contributed by atoms with van der Waals surface area (Å²) in [4.78, 5) is 9.62. The molecule has 0 radical (unpaired) electrons. The second-order valence-electron chi connectivity index (χ2n) is 5.83. The lowest BCUT2D eigenvalue weighted by molar-refractivity contribution is 0.306. The van der Waals surface area contributed by atoms with Crippen molar-refractivity contribution in [1.82, 2.24) is 15.3 Å². The van der Waals surface area contributed by atoms with Gasteiger partial charge in [0.2, 0.25) is 0 Å². The molecule has 1 fully saturated rings. The number of fused-ring (bicyclic) bond motifs is 1. The minimum atomic E-state index is 0.605. The van der Waals surface area contributed by atoms with E-state index in [1.54, 1.807) is 0 Å². The van der Waals surface area contributed by atoms with E-state index in [4.69, 9.17) is 9.97 Å². The van der Waals surface area contributed by atoms with Gasteiger partial charge in [0.05, 0.1) is 5.69 Å². The van der Waals surface area contributed by atoms with E-state index >= 15 is 0 Å². The fourth-order valence-electron chi connectivity index (χ4n) is 3.44. The summed E-state index contributed by atoms with van der Waals surface area (Å²) >= 11 is 0. The van der Waals surface area contributed by atoms with Gasteiger partial charge in [0, 0.05) is 30.3 Å². The fourth-order valence-corrected chi connectivity index (χ4v) is 3.44. The second-order valence-corrected chi connectivity index (χ2v) is 5.83. The molecular formula is C15H23N3. The third kappa shape index (κ3) is 2.16. The van der Waals surface area contributed by atoms with Crippen LogP contribution in [0.3, 0.4) is 0 Å². The molecule has 2 atom stereocenters. The molecule has 2 heterocycles. The summed E-state index contributed by atoms with van der Waals surface area (Å²) in [6, 6.07) is 0. The summed E-state index contributed by atoms with van der Waals surface area (Å²) in [5.41, 5.74) is 3.77. The zero-order chi connectivity index (χ0) is 12.5. The third-order valence-electron chi connectivity index (χ3n) is 4.64. The van der Waals surface area contributed by atoms with Gasteiger partial charge in [-0.05, 0) is 25.7 Å². The molecule has 1 aromatic heterocycles. The molecule has 1 aliphatic heterocycles. The van der Waals surface area contributed by atoms with Crippen molar-refractivity contribution >= 4 is 0 Å². The molecular weight excluding hydrogens is 222 g/mol. The van der Waals surface area contributed by atoms with Gasteiger partial charge in [0.25, 0.3) is 0 Å². The number of rotatable bonds is 2. The van der Waals surface area contributed by atoms with E-state index in [0.717, 1.165) is 24.8 Å². The average molecular weight is 245 g/mol. The van der Waals surface area contributed by atoms with Gasteiger partial charge < -0.3 is 5.32 Å². The first-order valence-electron chi connectivity index (χ1n) is 7.35. The predicted octanol–water partition coefficient (Wildman–Crippen LogP) is 3.07. The number of hydrogen-bond donors (Lipinski definition) is 1. The normalized spacial score (nSPS) is 27.2. The Bertz CT molecular complexity index is 442. The van der Waals surface area contributed by atoms with Crippen molar-refractivity contribution in [2.24, 2.45) is 5.92 Å². The molecule has 3 heteroatoms. The molecule has 2 unspecified atom stereocenters. The SMILES string of the molecule is CCC1CCCC(c2nc(C)c3c(n2)CNC3)C1. The average Bonchev–Trinajstić information content (AvgIpc) is 2.87. The summed E-state index contributed by atoms with van der Waals surface area (Å²) in [6.07, 6.45) is 6.63. The Labute approximate surface area is 109 Å². The molecule has 1 aliphatic carbocycles. The van der Waals surface area contributed by atoms with E-state index < -0.39 is 0 Å². The smallest absolute Gasteiger partial charge is 0.132 e. The molecule has 0 amide bonds. The Morgan fingerprint density at radius 2 is 2.11 bits per heavy atom. The van der Waals surface area contributed by atoms with Gasteiger partial charge in [-0.25, -0.2) is 9.97 Å². The third-order valence-corrected chi connectivity index (χ3v) is 4.64. The first kappa shape index (κ1) is 12.1. The van der Waals surface area contributed by atoms with Gasteiger partial charge in [-0.3, -0.25) is 0 Å². The van der Waals surface area contributed by atoms with Crippen molar-refractivity contribution in [3.05, 3.63) is 22.8 Å². The van der Waals surface area contributed by atoms with Crippen molar-refractivity contribution in [3.63, 3.8) is 0 Å². The molecule has 2 aliphatic rings. The van der Waals surface area contributed by atoms with Crippen molar-refractivity contribution in [1.29, 1.82) is 0 Å². The molecule has 3 nitrogen and oxygen atoms in total. The van der Waals surface area contributed by atoms with Crippen molar-refractivity contribution < 1.29 is 0 Å². The zero-order valence-electron chi connectivity index (χ0n) is 11.5. The highest BCUT2D eigenvalue weighted by Gasteiger charge is 2.26. The van der Waals surface area contributed by atoms with Gasteiger partial charge in [-0.2, -0.15) is 0 Å². The Balaban J connectivity index is 1.86. The summed E-state index contributed by atoms with van der Waals surface area (Å²) in [6.45, 7) is 6.32. The predicted molar refractivity (Wildman–Crippen MR) is 72.3 cm³/mol. The van der Waals surface area contributed by atoms with Crippen LogP contribution >= 0.6 is 0 Å². The van der Waals surface area contributed by atoms with E-state index in [1.165, 1.54) is 49.1 Å². The van der Waals surface area contributed by atoms with Crippen LogP contribution < -0.4 is 5.32 Å². The highest BCUT2D eigenvalue weighted by molar-refractivity contribution is 5.29. The van der Waals surface area contributed by atoms with E-state index in [-0.39, 0.29) is 0 Å². The van der Waals surface area contributed by atoms with Gasteiger partial charge in [0.1, 0.15) is 5.82 Å². The van der Waals surface area contributed by atoms with Crippen LogP contribution in [0.2, 0.25) is 0 Å². The molecule has 0 saturated heterocycles. The van der Waals surface area contributed by atoms with E-state index in [1.807, 2.05) is 0 Å². The largest absolute Gasteiger partial charge is 0.307 e. The number of hydrogen-bond acceptors (Lipinski definition) is 3. The monoisotopic (exact) mass is 245 g/mol. The number of aromatic nitrogens is 2. The number of nitrogens with zero attached hydrogens (tertiary/aromatic N) is 2. The van der Waals surface area contributed by atoms with E-state index in [0.29, 0.717) is 5.92 Å². The molecule has 3 rings (SSSR count). The molecule has 1 aromatic rings. The second kappa shape index (κ2) is 4.96. The highest BCUT2D eigenvalue weighted by atomic mass is 15.0. The van der Waals surface area contributed by atoms with Crippen LogP contribution in [0.25, 0.3) is 0 Å². The maximum absolute atomic E-state index is 4.83. The maximum Gasteiger partial charge on any atom is 0.132 e. The lowest BCUT2D eigenvalue weighted by Gasteiger charge is -2.27. The number of aryl methyl sites for hydroxylation is 1. The Kier molecular flexibility index (Phi) is 3.33. The van der Waals surface area contributed by atoms with Crippen LogP contribution in [-0.2, 0) is 13.1 Å². The quantitative estimate of drug-likeness (QED) is 0.870. The molecule has 1 N–H and O–H groups in total. The van der Waals surface area contributed by atoms with Crippen molar-refractivity contribution in [2.45, 2.75) is 65.0 Å². The van der Waals surface area contributed by atoms with E-state index in [2.05, 4.69) is 19.2 Å². The molecule has 18 heavy (non-hydrogen) atoms. The lowest BCUT2D eigenvalue weighted by Crippen LogP contribution is -2.17. The summed E-state index contributed by atoms with van der Waals surface area (Å²) in [5, 5.41) is 3.38. The topological polar surface area (TPSA) is 37.8 Å². The highest BCUT2D eigenvalue weighted by Crippen LogP contribution is 2.36. The van der Waals surface area contributed by atoms with Crippen LogP contribution in [0.1, 0.15) is 67.7 Å². The first-order chi connectivity index (χ1) is 8.78. The van der Waals surface area contributed by atoms with Gasteiger partial charge in [-0.15, -0.1) is 0 Å². The minimum Gasteiger partial charge on any atom is -0.307 e. The van der Waals surface area contributed by atoms with E-state index in [9.17, 15) is 0 Å². The van der Waals surface area contributed by atoms with Crippen LogP contribution in [0, 0.1) is 12.8 Å². The fraction of sp³-hybridized carbons (Fsp3) is 0.733. The van der Waals surface area contributed by atoms with Gasteiger partial charge in [-0.1, -0.05) is 26.2 Å². The summed E-state index contributed by atoms with van der Waals surface area (Å²) in [7, 11) is 0. The van der Waals surface area contributed by atoms with Crippen molar-refractivity contribution in [3.8, 4) is 0 Å². The Morgan fingerprint density at radius 3 is 2.94 bits per heavy atom. The minimum absolute atomic E-state index is 0.605. The Morgan fingerprint density at radius 1 is 1.22 bits per heavy atom.